The van der Waals surface area contributed by atoms with E-state index in [4.69, 9.17) is 11.6 Å². The number of hydrogen-bond donors (Lipinski definition) is 0. The lowest BCUT2D eigenvalue weighted by Crippen LogP contribution is -2.10. The van der Waals surface area contributed by atoms with Gasteiger partial charge in [0.25, 0.3) is 0 Å². The lowest BCUT2D eigenvalue weighted by Gasteiger charge is -2.13. The first-order valence-electron chi connectivity index (χ1n) is 4.44. The third-order valence-electron chi connectivity index (χ3n) is 1.91. The molecule has 94 valence electrons. The molecule has 3 nitrogen and oxygen atoms in total. The molecule has 0 atom stereocenters. The van der Waals surface area contributed by atoms with Crippen molar-refractivity contribution in [3.05, 3.63) is 27.2 Å². The van der Waals surface area contributed by atoms with E-state index in [1.165, 1.54) is 19.2 Å². The average Bonchev–Trinajstić information content (AvgIpc) is 2.27. The third-order valence-corrected chi connectivity index (χ3v) is 2.89. The number of methoxy groups -OCH3 is 1. The molecular formula is C10H8BrClF2O3. The number of esters is 1. The summed E-state index contributed by atoms with van der Waals surface area (Å²) in [6, 6.07) is 2.93. The molecule has 0 heterocycles. The van der Waals surface area contributed by atoms with Crippen molar-refractivity contribution in [2.24, 2.45) is 0 Å². The van der Waals surface area contributed by atoms with Gasteiger partial charge < -0.3 is 9.47 Å². The van der Waals surface area contributed by atoms with Crippen LogP contribution in [0.15, 0.2) is 16.6 Å². The minimum absolute atomic E-state index is 0.155. The van der Waals surface area contributed by atoms with Crippen LogP contribution in [0.4, 0.5) is 8.78 Å². The van der Waals surface area contributed by atoms with Gasteiger partial charge in [-0.2, -0.15) is 8.78 Å². The van der Waals surface area contributed by atoms with Gasteiger partial charge >= 0.3 is 12.6 Å². The second kappa shape index (κ2) is 6.16. The Bertz CT molecular complexity index is 426. The molecule has 1 aromatic rings. The maximum atomic E-state index is 12.2. The second-order valence-corrected chi connectivity index (χ2v) is 4.23. The van der Waals surface area contributed by atoms with Crippen molar-refractivity contribution in [1.29, 1.82) is 0 Å². The summed E-state index contributed by atoms with van der Waals surface area (Å²) in [6.45, 7) is -3.00. The fourth-order valence-electron chi connectivity index (χ4n) is 1.17. The van der Waals surface area contributed by atoms with E-state index in [-0.39, 0.29) is 22.8 Å². The highest BCUT2D eigenvalue weighted by Gasteiger charge is 2.19. The molecular weight excluding hydrogens is 321 g/mol. The molecule has 0 unspecified atom stereocenters. The lowest BCUT2D eigenvalue weighted by atomic mass is 10.1. The molecule has 0 saturated heterocycles. The number of ether oxygens (including phenoxy) is 2. The lowest BCUT2D eigenvalue weighted by molar-refractivity contribution is -0.139. The summed E-state index contributed by atoms with van der Waals surface area (Å²) in [6.07, 6.45) is -0.239. The zero-order valence-electron chi connectivity index (χ0n) is 8.68. The standard InChI is InChI=1S/C10H8BrClF2O3/c1-16-8(15)4-5-7(12)3-2-6(11)9(5)17-10(13)14/h2-3,10H,4H2,1H3. The number of carbonyl (C=O) groups is 1. The van der Waals surface area contributed by atoms with Gasteiger partial charge in [-0.05, 0) is 28.1 Å². The number of rotatable bonds is 4. The Kier molecular flexibility index (Phi) is 5.14. The minimum Gasteiger partial charge on any atom is -0.469 e. The molecule has 0 N–H and O–H groups in total. The topological polar surface area (TPSA) is 35.5 Å². The molecule has 0 bridgehead atoms. The van der Waals surface area contributed by atoms with Crippen LogP contribution in [0.1, 0.15) is 5.56 Å². The smallest absolute Gasteiger partial charge is 0.387 e. The van der Waals surface area contributed by atoms with E-state index in [9.17, 15) is 13.6 Å². The van der Waals surface area contributed by atoms with Crippen molar-refractivity contribution < 1.29 is 23.0 Å². The first-order valence-corrected chi connectivity index (χ1v) is 5.61. The second-order valence-electron chi connectivity index (χ2n) is 2.97. The van der Waals surface area contributed by atoms with Crippen LogP contribution in [-0.2, 0) is 16.0 Å². The maximum absolute atomic E-state index is 12.2. The molecule has 0 amide bonds. The van der Waals surface area contributed by atoms with Crippen molar-refractivity contribution in [2.45, 2.75) is 13.0 Å². The fourth-order valence-corrected chi connectivity index (χ4v) is 1.85. The molecule has 0 spiro atoms. The zero-order chi connectivity index (χ0) is 13.0. The monoisotopic (exact) mass is 328 g/mol. The molecule has 1 rings (SSSR count). The number of alkyl halides is 2. The van der Waals surface area contributed by atoms with Crippen LogP contribution >= 0.6 is 27.5 Å². The van der Waals surface area contributed by atoms with Crippen LogP contribution in [0.3, 0.4) is 0 Å². The minimum atomic E-state index is -3.00. The molecule has 17 heavy (non-hydrogen) atoms. The van der Waals surface area contributed by atoms with Crippen LogP contribution in [0.2, 0.25) is 5.02 Å². The summed E-state index contributed by atoms with van der Waals surface area (Å²) in [4.78, 5) is 11.1. The molecule has 7 heteroatoms. The van der Waals surface area contributed by atoms with E-state index in [0.717, 1.165) is 0 Å². The van der Waals surface area contributed by atoms with Gasteiger partial charge in [-0.15, -0.1) is 0 Å². The number of halogens is 4. The molecule has 0 aliphatic rings. The first kappa shape index (κ1) is 14.2. The summed E-state index contributed by atoms with van der Waals surface area (Å²) in [7, 11) is 1.20. The Morgan fingerprint density at radius 1 is 1.53 bits per heavy atom. The van der Waals surface area contributed by atoms with Gasteiger partial charge in [0.15, 0.2) is 0 Å². The zero-order valence-corrected chi connectivity index (χ0v) is 11.0. The third kappa shape index (κ3) is 3.81. The highest BCUT2D eigenvalue weighted by atomic mass is 79.9. The summed E-state index contributed by atoms with van der Waals surface area (Å²) >= 11 is 8.88. The van der Waals surface area contributed by atoms with E-state index >= 15 is 0 Å². The normalized spacial score (nSPS) is 10.5. The SMILES string of the molecule is COC(=O)Cc1c(Cl)ccc(Br)c1OC(F)F. The van der Waals surface area contributed by atoms with Crippen molar-refractivity contribution in [2.75, 3.05) is 7.11 Å². The van der Waals surface area contributed by atoms with Gasteiger partial charge in [0.2, 0.25) is 0 Å². The molecule has 0 radical (unpaired) electrons. The summed E-state index contributed by atoms with van der Waals surface area (Å²) in [5.74, 6) is -0.748. The van der Waals surface area contributed by atoms with Crippen molar-refractivity contribution in [3.8, 4) is 5.75 Å². The Morgan fingerprint density at radius 2 is 2.18 bits per heavy atom. The quantitative estimate of drug-likeness (QED) is 0.794. The maximum Gasteiger partial charge on any atom is 0.387 e. The highest BCUT2D eigenvalue weighted by Crippen LogP contribution is 2.35. The summed E-state index contributed by atoms with van der Waals surface area (Å²) in [5, 5.41) is 0.161. The van der Waals surface area contributed by atoms with E-state index in [2.05, 4.69) is 25.4 Å². The largest absolute Gasteiger partial charge is 0.469 e. The molecule has 1 aromatic carbocycles. The van der Waals surface area contributed by atoms with Crippen molar-refractivity contribution >= 4 is 33.5 Å². The average molecular weight is 330 g/mol. The van der Waals surface area contributed by atoms with E-state index in [0.29, 0.717) is 4.47 Å². The first-order chi connectivity index (χ1) is 7.95. The van der Waals surface area contributed by atoms with Gasteiger partial charge in [0.1, 0.15) is 5.75 Å². The number of hydrogen-bond acceptors (Lipinski definition) is 3. The molecule has 0 aromatic heterocycles. The van der Waals surface area contributed by atoms with Gasteiger partial charge in [-0.25, -0.2) is 0 Å². The van der Waals surface area contributed by atoms with Gasteiger partial charge in [0.05, 0.1) is 18.0 Å². The van der Waals surface area contributed by atoms with E-state index < -0.39 is 12.6 Å². The molecule has 0 fully saturated rings. The van der Waals surface area contributed by atoms with Crippen LogP contribution in [0.5, 0.6) is 5.75 Å². The predicted molar refractivity (Wildman–Crippen MR) is 61.5 cm³/mol. The summed E-state index contributed by atoms with van der Waals surface area (Å²) < 4.78 is 33.5. The number of carbonyl (C=O) groups excluding carboxylic acids is 1. The number of benzene rings is 1. The summed E-state index contributed by atoms with van der Waals surface area (Å²) in [5.41, 5.74) is 0.160. The fraction of sp³-hybridized carbons (Fsp3) is 0.300. The Balaban J connectivity index is 3.14. The molecule has 0 aliphatic carbocycles. The molecule has 0 saturated carbocycles. The van der Waals surface area contributed by atoms with Gasteiger partial charge in [-0.1, -0.05) is 11.6 Å². The van der Waals surface area contributed by atoms with Crippen molar-refractivity contribution in [3.63, 3.8) is 0 Å². The van der Waals surface area contributed by atoms with Gasteiger partial charge in [0, 0.05) is 10.6 Å². The predicted octanol–water partition coefficient (Wildman–Crippen LogP) is 3.42. The van der Waals surface area contributed by atoms with E-state index in [1.807, 2.05) is 0 Å². The van der Waals surface area contributed by atoms with Crippen LogP contribution in [0.25, 0.3) is 0 Å². The Morgan fingerprint density at radius 3 is 2.71 bits per heavy atom. The van der Waals surface area contributed by atoms with Crippen molar-refractivity contribution in [1.82, 2.24) is 0 Å². The van der Waals surface area contributed by atoms with Gasteiger partial charge in [-0.3, -0.25) is 4.79 Å². The van der Waals surface area contributed by atoms with Crippen LogP contribution < -0.4 is 4.74 Å². The van der Waals surface area contributed by atoms with Crippen LogP contribution in [0, 0.1) is 0 Å². The molecule has 0 aliphatic heterocycles. The highest BCUT2D eigenvalue weighted by molar-refractivity contribution is 9.10. The Labute approximate surface area is 110 Å². The Hall–Kier alpha value is -0.880. The van der Waals surface area contributed by atoms with E-state index in [1.54, 1.807) is 0 Å². The van der Waals surface area contributed by atoms with Crippen LogP contribution in [-0.4, -0.2) is 19.7 Å².